The molecule has 9 heteroatoms. The molecule has 7 rings (SSSR count). The quantitative estimate of drug-likeness (QED) is 0.0928. The van der Waals surface area contributed by atoms with Crippen LogP contribution in [0.5, 0.6) is 0 Å². The second kappa shape index (κ2) is 16.7. The number of para-hydroxylation sites is 1. The van der Waals surface area contributed by atoms with Gasteiger partial charge in [0.2, 0.25) is 0 Å². The van der Waals surface area contributed by atoms with Crippen LogP contribution in [0, 0.1) is 6.92 Å². The molecule has 0 bridgehead atoms. The van der Waals surface area contributed by atoms with E-state index in [2.05, 4.69) is 21.9 Å². The first-order chi connectivity index (χ1) is 24.9. The van der Waals surface area contributed by atoms with Gasteiger partial charge in [-0.15, -0.1) is 0 Å². The van der Waals surface area contributed by atoms with E-state index >= 15 is 0 Å². The van der Waals surface area contributed by atoms with Crippen LogP contribution in [0.3, 0.4) is 0 Å². The fourth-order valence-electron chi connectivity index (χ4n) is 7.35. The van der Waals surface area contributed by atoms with Gasteiger partial charge in [-0.2, -0.15) is 0 Å². The van der Waals surface area contributed by atoms with Crippen molar-refractivity contribution in [2.24, 2.45) is 9.98 Å². The Kier molecular flexibility index (Phi) is 11.9. The van der Waals surface area contributed by atoms with Crippen LogP contribution in [0.4, 0.5) is 11.4 Å². The van der Waals surface area contributed by atoms with Crippen LogP contribution in [0.15, 0.2) is 137 Å². The van der Waals surface area contributed by atoms with Crippen molar-refractivity contribution in [3.63, 3.8) is 0 Å². The van der Waals surface area contributed by atoms with Crippen molar-refractivity contribution in [3.05, 3.63) is 166 Å². The van der Waals surface area contributed by atoms with Gasteiger partial charge in [0.25, 0.3) is 0 Å². The summed E-state index contributed by atoms with van der Waals surface area (Å²) >= 11 is 6.60. The number of likely N-dealkylation sites (tertiary alicyclic amines) is 1. The van der Waals surface area contributed by atoms with Gasteiger partial charge in [-0.25, -0.2) is 0 Å². The van der Waals surface area contributed by atoms with E-state index in [0.29, 0.717) is 40.6 Å². The van der Waals surface area contributed by atoms with Gasteiger partial charge in [0.1, 0.15) is 6.04 Å². The molecule has 5 aromatic rings. The molecule has 1 fully saturated rings. The number of aryl methyl sites for hydroxylation is 1. The molecule has 0 radical (unpaired) electrons. The maximum atomic E-state index is 13.9. The van der Waals surface area contributed by atoms with Crippen molar-refractivity contribution in [3.8, 4) is 0 Å². The number of aliphatic carboxylic acids is 1. The summed E-state index contributed by atoms with van der Waals surface area (Å²) < 4.78 is 0. The molecule has 0 unspecified atom stereocenters. The number of halogens is 1. The van der Waals surface area contributed by atoms with Crippen molar-refractivity contribution < 1.29 is 31.5 Å². The third-order valence-electron chi connectivity index (χ3n) is 9.94. The second-order valence-electron chi connectivity index (χ2n) is 13.2. The number of carbonyl (C=O) groups is 1. The Morgan fingerprint density at radius 1 is 0.865 bits per heavy atom. The zero-order chi connectivity index (χ0) is 35.3. The van der Waals surface area contributed by atoms with Gasteiger partial charge in [0.15, 0.2) is 0 Å². The van der Waals surface area contributed by atoms with E-state index in [9.17, 15) is 15.0 Å². The molecule has 0 spiro atoms. The van der Waals surface area contributed by atoms with E-state index in [4.69, 9.17) is 21.6 Å². The van der Waals surface area contributed by atoms with Crippen molar-refractivity contribution in [1.82, 2.24) is 4.90 Å². The number of carboxylic acids is 1. The molecule has 0 saturated carbocycles. The second-order valence-corrected chi connectivity index (χ2v) is 13.6. The fourth-order valence-corrected chi connectivity index (χ4v) is 7.53. The number of anilines is 1. The first-order valence-electron chi connectivity index (χ1n) is 17.4. The molecule has 7 nitrogen and oxygen atoms in total. The van der Waals surface area contributed by atoms with Crippen LogP contribution >= 0.6 is 11.6 Å². The number of carboxylic acid groups (broad SMARTS) is 1. The Morgan fingerprint density at radius 3 is 2.31 bits per heavy atom. The summed E-state index contributed by atoms with van der Waals surface area (Å²) in [5.74, 6) is -1.52. The minimum atomic E-state index is -1.32. The van der Waals surface area contributed by atoms with Gasteiger partial charge in [-0.1, -0.05) is 121 Å². The normalized spacial score (nSPS) is 18.4. The number of rotatable bonds is 10. The van der Waals surface area contributed by atoms with Crippen LogP contribution in [0.2, 0.25) is 5.02 Å². The number of fused-ring (bicyclic) bond motifs is 1. The maximum absolute atomic E-state index is 13.9. The molecular formula is C43H39ClN4NiO3. The van der Waals surface area contributed by atoms with Gasteiger partial charge in [-0.3, -0.25) is 14.9 Å². The van der Waals surface area contributed by atoms with Crippen LogP contribution < -0.4 is 15.1 Å². The van der Waals surface area contributed by atoms with Crippen molar-refractivity contribution >= 4 is 40.6 Å². The first-order valence-corrected chi connectivity index (χ1v) is 17.8. The molecule has 5 aromatic carbocycles. The van der Waals surface area contributed by atoms with Crippen LogP contribution in [0.1, 0.15) is 52.3 Å². The molecule has 2 heterocycles. The molecule has 0 amide bonds. The van der Waals surface area contributed by atoms with Gasteiger partial charge in [-0.05, 0) is 79.1 Å². The summed E-state index contributed by atoms with van der Waals surface area (Å²) in [6.07, 6.45) is 2.37. The number of hydrogen-bond acceptors (Lipinski definition) is 7. The predicted molar refractivity (Wildman–Crippen MR) is 201 cm³/mol. The molecule has 1 saturated heterocycles. The Hall–Kier alpha value is -4.75. The van der Waals surface area contributed by atoms with E-state index < -0.39 is 18.1 Å². The number of carbonyl (C=O) groups excluding carboxylic acids is 1. The summed E-state index contributed by atoms with van der Waals surface area (Å²) in [5.41, 5.74) is 6.99. The van der Waals surface area contributed by atoms with E-state index in [0.717, 1.165) is 53.7 Å². The summed E-state index contributed by atoms with van der Waals surface area (Å²) in [7, 11) is 0. The van der Waals surface area contributed by atoms with Gasteiger partial charge < -0.3 is 19.9 Å². The summed E-state index contributed by atoms with van der Waals surface area (Å²) in [4.78, 5) is 27.4. The molecule has 52 heavy (non-hydrogen) atoms. The standard InChI is InChI=1S/C43H41ClN4O3.Ni/c1-29-22-23-33(27-36(29)44)48-26-24-31-15-8-9-18-34(31)41(48)40(43(50)51)46-39(32-16-6-3-7-17-32)35-19-10-11-20-37(35)45-42(49)38-21-12-25-47(38)28-30-13-4-2-5-14-30;/h2-11,13-20,22-23,27,38,40-41H,12,21,24-26,28H2,1H3,(H,45,49)(H,50,51);/q;+2/p-2/t38-,40-,41-;/m0./s1. The number of hydrogen-bond donors (Lipinski definition) is 0. The fraction of sp³-hybridized carbons (Fsp3) is 0.233. The Balaban J connectivity index is 0.00000464. The van der Waals surface area contributed by atoms with Crippen LogP contribution in [-0.2, 0) is 34.3 Å². The zero-order valence-electron chi connectivity index (χ0n) is 28.8. The third kappa shape index (κ3) is 8.00. The van der Waals surface area contributed by atoms with E-state index in [1.165, 1.54) is 0 Å². The Morgan fingerprint density at radius 2 is 1.56 bits per heavy atom. The molecule has 0 aromatic heterocycles. The van der Waals surface area contributed by atoms with E-state index in [-0.39, 0.29) is 28.4 Å². The molecule has 2 aliphatic heterocycles. The molecular weight excluding hydrogens is 715 g/mol. The monoisotopic (exact) mass is 752 g/mol. The molecule has 2 aliphatic rings. The number of aliphatic imine (C=N–C) groups is 2. The molecule has 0 aliphatic carbocycles. The average molecular weight is 754 g/mol. The van der Waals surface area contributed by atoms with Crippen molar-refractivity contribution in [2.45, 2.75) is 50.9 Å². The van der Waals surface area contributed by atoms with Crippen LogP contribution in [0.25, 0.3) is 0 Å². The Labute approximate surface area is 320 Å². The largest absolute Gasteiger partial charge is 2.00 e. The van der Waals surface area contributed by atoms with Crippen molar-refractivity contribution in [2.75, 3.05) is 18.0 Å². The average Bonchev–Trinajstić information content (AvgIpc) is 3.62. The topological polar surface area (TPSA) is 94.4 Å². The maximum Gasteiger partial charge on any atom is 2.00 e. The van der Waals surface area contributed by atoms with Gasteiger partial charge >= 0.3 is 16.5 Å². The number of nitrogens with zero attached hydrogens (tertiary/aromatic N) is 4. The minimum absolute atomic E-state index is 0. The molecule has 266 valence electrons. The van der Waals surface area contributed by atoms with E-state index in [1.54, 1.807) is 6.07 Å². The smallest absolute Gasteiger partial charge is 0.861 e. The van der Waals surface area contributed by atoms with Crippen LogP contribution in [-0.4, -0.2) is 47.7 Å². The molecule has 3 atom stereocenters. The minimum Gasteiger partial charge on any atom is -0.861 e. The molecule has 0 N–H and O–H groups in total. The van der Waals surface area contributed by atoms with E-state index in [1.807, 2.05) is 116 Å². The first kappa shape index (κ1) is 37.0. The predicted octanol–water partition coefficient (Wildman–Crippen LogP) is 6.46. The van der Waals surface area contributed by atoms with Gasteiger partial charge in [0.05, 0.1) is 23.4 Å². The summed E-state index contributed by atoms with van der Waals surface area (Å²) in [5, 5.41) is 27.9. The third-order valence-corrected chi connectivity index (χ3v) is 10.3. The van der Waals surface area contributed by atoms with Gasteiger partial charge in [0, 0.05) is 41.0 Å². The summed E-state index contributed by atoms with van der Waals surface area (Å²) in [6.45, 7) is 4.00. The SMILES string of the molecule is Cc1ccc(N2CCc3ccccc3[C@H]2[C@H](N=C(c2ccccc2)c2ccccc2N=C([O-])[C@@H]2CCCN2Cc2ccccc2)C(=O)[O-])cc1Cl.[Ni+2]. The summed E-state index contributed by atoms with van der Waals surface area (Å²) in [6, 6.07) is 38.3. The number of benzene rings is 5. The zero-order valence-corrected chi connectivity index (χ0v) is 30.6. The Bertz CT molecular complexity index is 2070. The van der Waals surface area contributed by atoms with Crippen molar-refractivity contribution in [1.29, 1.82) is 0 Å².